The van der Waals surface area contributed by atoms with Crippen LogP contribution in [0.25, 0.3) is 0 Å². The Kier molecular flexibility index (Phi) is 2.08. The highest BCUT2D eigenvalue weighted by atomic mass is 19.2. The summed E-state index contributed by atoms with van der Waals surface area (Å²) in [7, 11) is 1.41. The van der Waals surface area contributed by atoms with Crippen molar-refractivity contribution in [2.45, 2.75) is 6.92 Å². The number of benzene rings is 1. The van der Waals surface area contributed by atoms with E-state index in [0.717, 1.165) is 6.07 Å². The van der Waals surface area contributed by atoms with Crippen molar-refractivity contribution in [3.63, 3.8) is 0 Å². The molecule has 1 aromatic carbocycles. The van der Waals surface area contributed by atoms with E-state index in [0.29, 0.717) is 5.75 Å². The van der Waals surface area contributed by atoms with Crippen LogP contribution in [0.5, 0.6) is 5.75 Å². The van der Waals surface area contributed by atoms with Gasteiger partial charge in [0.25, 0.3) is 0 Å². The number of rotatable bonds is 1. The summed E-state index contributed by atoms with van der Waals surface area (Å²) in [5.41, 5.74) is 0.252. The van der Waals surface area contributed by atoms with Crippen molar-refractivity contribution in [2.24, 2.45) is 0 Å². The maximum absolute atomic E-state index is 12.6. The number of methoxy groups -OCH3 is 1. The fourth-order valence-electron chi connectivity index (χ4n) is 0.813. The Morgan fingerprint density at radius 1 is 1.27 bits per heavy atom. The van der Waals surface area contributed by atoms with Crippen LogP contribution < -0.4 is 4.74 Å². The standard InChI is InChI=1S/C8H8F2O/c1-5-3-6(11-2)4-7(9)8(5)10/h3-4H,1-2H3. The maximum Gasteiger partial charge on any atom is 0.162 e. The first-order valence-electron chi connectivity index (χ1n) is 3.15. The van der Waals surface area contributed by atoms with Crippen LogP contribution in [-0.4, -0.2) is 7.11 Å². The molecule has 0 saturated carbocycles. The number of aryl methyl sites for hydroxylation is 1. The zero-order valence-electron chi connectivity index (χ0n) is 6.32. The summed E-state index contributed by atoms with van der Waals surface area (Å²) in [5.74, 6) is -1.35. The average molecular weight is 158 g/mol. The molecule has 0 bridgehead atoms. The summed E-state index contributed by atoms with van der Waals surface area (Å²) in [6.07, 6.45) is 0. The van der Waals surface area contributed by atoms with Crippen LogP contribution in [0.3, 0.4) is 0 Å². The molecule has 1 rings (SSSR count). The van der Waals surface area contributed by atoms with Gasteiger partial charge in [-0.1, -0.05) is 0 Å². The Balaban J connectivity index is 3.21. The summed E-state index contributed by atoms with van der Waals surface area (Å²) >= 11 is 0. The molecule has 0 atom stereocenters. The molecule has 0 N–H and O–H groups in total. The van der Waals surface area contributed by atoms with Gasteiger partial charge < -0.3 is 4.74 Å². The van der Waals surface area contributed by atoms with Gasteiger partial charge in [-0.2, -0.15) is 0 Å². The number of hydrogen-bond acceptors (Lipinski definition) is 1. The molecule has 1 nitrogen and oxygen atoms in total. The Bertz CT molecular complexity index is 248. The van der Waals surface area contributed by atoms with E-state index in [1.165, 1.54) is 20.1 Å². The second-order valence-corrected chi connectivity index (χ2v) is 2.24. The van der Waals surface area contributed by atoms with E-state index in [-0.39, 0.29) is 5.56 Å². The van der Waals surface area contributed by atoms with Gasteiger partial charge in [0.2, 0.25) is 0 Å². The largest absolute Gasteiger partial charge is 0.497 e. The molecule has 0 heterocycles. The smallest absolute Gasteiger partial charge is 0.162 e. The van der Waals surface area contributed by atoms with Gasteiger partial charge >= 0.3 is 0 Å². The molecule has 3 heteroatoms. The topological polar surface area (TPSA) is 9.23 Å². The lowest BCUT2D eigenvalue weighted by Crippen LogP contribution is -1.91. The molecule has 1 aromatic rings. The van der Waals surface area contributed by atoms with Crippen molar-refractivity contribution >= 4 is 0 Å². The van der Waals surface area contributed by atoms with Gasteiger partial charge in [0.15, 0.2) is 11.6 Å². The van der Waals surface area contributed by atoms with Crippen LogP contribution in [0.15, 0.2) is 12.1 Å². The number of hydrogen-bond donors (Lipinski definition) is 0. The first-order valence-corrected chi connectivity index (χ1v) is 3.15. The maximum atomic E-state index is 12.6. The monoisotopic (exact) mass is 158 g/mol. The normalized spacial score (nSPS) is 9.82. The molecule has 0 aliphatic heterocycles. The third-order valence-electron chi connectivity index (χ3n) is 1.42. The van der Waals surface area contributed by atoms with Crippen molar-refractivity contribution in [3.8, 4) is 5.75 Å². The Hall–Kier alpha value is -1.12. The minimum atomic E-state index is -0.873. The van der Waals surface area contributed by atoms with E-state index in [1.54, 1.807) is 0 Å². The Morgan fingerprint density at radius 3 is 2.36 bits per heavy atom. The van der Waals surface area contributed by atoms with E-state index in [1.807, 2.05) is 0 Å². The Labute approximate surface area is 63.6 Å². The molecular formula is C8H8F2O. The molecule has 60 valence electrons. The van der Waals surface area contributed by atoms with E-state index < -0.39 is 11.6 Å². The molecule has 0 aliphatic carbocycles. The van der Waals surface area contributed by atoms with Crippen molar-refractivity contribution in [3.05, 3.63) is 29.3 Å². The summed E-state index contributed by atoms with van der Waals surface area (Å²) in [4.78, 5) is 0. The lowest BCUT2D eigenvalue weighted by molar-refractivity contribution is 0.405. The lowest BCUT2D eigenvalue weighted by Gasteiger charge is -2.02. The molecule has 0 saturated heterocycles. The zero-order valence-corrected chi connectivity index (χ0v) is 6.32. The van der Waals surface area contributed by atoms with Gasteiger partial charge in [0.05, 0.1) is 7.11 Å². The summed E-state index contributed by atoms with van der Waals surface area (Å²) in [6.45, 7) is 1.49. The van der Waals surface area contributed by atoms with Crippen molar-refractivity contribution in [2.75, 3.05) is 7.11 Å². The van der Waals surface area contributed by atoms with E-state index in [2.05, 4.69) is 0 Å². The van der Waals surface area contributed by atoms with Gasteiger partial charge in [-0.3, -0.25) is 0 Å². The molecule has 0 spiro atoms. The van der Waals surface area contributed by atoms with Crippen molar-refractivity contribution in [1.29, 1.82) is 0 Å². The van der Waals surface area contributed by atoms with E-state index in [4.69, 9.17) is 4.74 Å². The first-order chi connectivity index (χ1) is 5.15. The highest BCUT2D eigenvalue weighted by Crippen LogP contribution is 2.18. The molecule has 11 heavy (non-hydrogen) atoms. The average Bonchev–Trinajstić information content (AvgIpc) is 1.99. The second-order valence-electron chi connectivity index (χ2n) is 2.24. The zero-order chi connectivity index (χ0) is 8.43. The highest BCUT2D eigenvalue weighted by Gasteiger charge is 2.06. The van der Waals surface area contributed by atoms with Crippen LogP contribution in [0.2, 0.25) is 0 Å². The fourth-order valence-corrected chi connectivity index (χ4v) is 0.813. The van der Waals surface area contributed by atoms with Crippen LogP contribution in [-0.2, 0) is 0 Å². The van der Waals surface area contributed by atoms with Crippen LogP contribution in [0.4, 0.5) is 8.78 Å². The highest BCUT2D eigenvalue weighted by molar-refractivity contribution is 5.29. The van der Waals surface area contributed by atoms with Crippen molar-refractivity contribution in [1.82, 2.24) is 0 Å². The lowest BCUT2D eigenvalue weighted by atomic mass is 10.2. The molecule has 0 fully saturated rings. The minimum Gasteiger partial charge on any atom is -0.497 e. The summed E-state index contributed by atoms with van der Waals surface area (Å²) < 4.78 is 29.9. The van der Waals surface area contributed by atoms with Crippen molar-refractivity contribution < 1.29 is 13.5 Å². The van der Waals surface area contributed by atoms with E-state index in [9.17, 15) is 8.78 Å². The third-order valence-corrected chi connectivity index (χ3v) is 1.42. The van der Waals surface area contributed by atoms with Crippen LogP contribution in [0.1, 0.15) is 5.56 Å². The second kappa shape index (κ2) is 2.86. The van der Waals surface area contributed by atoms with Gasteiger partial charge in [0, 0.05) is 6.07 Å². The van der Waals surface area contributed by atoms with Gasteiger partial charge in [-0.05, 0) is 18.6 Å². The SMILES string of the molecule is COc1cc(C)c(F)c(F)c1. The number of ether oxygens (including phenoxy) is 1. The fraction of sp³-hybridized carbons (Fsp3) is 0.250. The molecule has 0 aromatic heterocycles. The van der Waals surface area contributed by atoms with Crippen LogP contribution >= 0.6 is 0 Å². The predicted octanol–water partition coefficient (Wildman–Crippen LogP) is 2.28. The molecule has 0 unspecified atom stereocenters. The van der Waals surface area contributed by atoms with Gasteiger partial charge in [-0.15, -0.1) is 0 Å². The Morgan fingerprint density at radius 2 is 1.91 bits per heavy atom. The molecule has 0 aliphatic rings. The molecule has 0 amide bonds. The van der Waals surface area contributed by atoms with Gasteiger partial charge in [0.1, 0.15) is 5.75 Å². The third kappa shape index (κ3) is 1.48. The summed E-state index contributed by atoms with van der Waals surface area (Å²) in [6, 6.07) is 2.46. The quantitative estimate of drug-likeness (QED) is 0.609. The number of halogens is 2. The van der Waals surface area contributed by atoms with Gasteiger partial charge in [-0.25, -0.2) is 8.78 Å². The summed E-state index contributed by atoms with van der Waals surface area (Å²) in [5, 5.41) is 0. The molecule has 0 radical (unpaired) electrons. The van der Waals surface area contributed by atoms with E-state index >= 15 is 0 Å². The first kappa shape index (κ1) is 7.98. The minimum absolute atomic E-state index is 0.252. The van der Waals surface area contributed by atoms with Crippen LogP contribution in [0, 0.1) is 18.6 Å². The predicted molar refractivity (Wildman–Crippen MR) is 37.6 cm³/mol. The molecular weight excluding hydrogens is 150 g/mol.